The second-order valence-electron chi connectivity index (χ2n) is 6.80. The molecule has 1 aliphatic heterocycles. The molecule has 0 radical (unpaired) electrons. The van der Waals surface area contributed by atoms with Gasteiger partial charge in [-0.1, -0.05) is 24.3 Å². The third-order valence-electron chi connectivity index (χ3n) is 5.08. The number of likely N-dealkylation sites (tertiary alicyclic amines) is 1. The monoisotopic (exact) mass is 355 g/mol. The molecule has 1 fully saturated rings. The van der Waals surface area contributed by atoms with E-state index < -0.39 is 19.1 Å². The average molecular weight is 355 g/mol. The van der Waals surface area contributed by atoms with Gasteiger partial charge in [0.1, 0.15) is 6.54 Å². The van der Waals surface area contributed by atoms with Gasteiger partial charge in [0.2, 0.25) is 11.8 Å². The summed E-state index contributed by atoms with van der Waals surface area (Å²) in [5.41, 5.74) is 2.51. The van der Waals surface area contributed by atoms with E-state index in [1.807, 2.05) is 32.1 Å². The van der Waals surface area contributed by atoms with Gasteiger partial charge in [0.15, 0.2) is 12.4 Å². The average Bonchev–Trinajstić information content (AvgIpc) is 2.87. The van der Waals surface area contributed by atoms with Crippen molar-refractivity contribution in [3.8, 4) is 0 Å². The first-order chi connectivity index (χ1) is 12.4. The molecule has 2 atom stereocenters. The first-order valence-electron chi connectivity index (χ1n) is 8.64. The molecule has 1 aromatic carbocycles. The number of rotatable bonds is 5. The lowest BCUT2D eigenvalue weighted by Gasteiger charge is -2.14. The van der Waals surface area contributed by atoms with Gasteiger partial charge in [0, 0.05) is 5.56 Å². The number of amides is 2. The van der Waals surface area contributed by atoms with E-state index in [0.29, 0.717) is 18.4 Å². The number of carbonyl (C=O) groups excluding carboxylic acids is 4. The van der Waals surface area contributed by atoms with Crippen LogP contribution < -0.4 is 0 Å². The molecule has 1 aliphatic carbocycles. The summed E-state index contributed by atoms with van der Waals surface area (Å²) in [6, 6.07) is 5.27. The Balaban J connectivity index is 1.56. The van der Waals surface area contributed by atoms with Crippen LogP contribution in [0.15, 0.2) is 30.4 Å². The Morgan fingerprint density at radius 2 is 1.65 bits per heavy atom. The normalized spacial score (nSPS) is 21.7. The molecule has 6 heteroatoms. The van der Waals surface area contributed by atoms with Gasteiger partial charge >= 0.3 is 5.97 Å². The Bertz CT molecular complexity index is 784. The van der Waals surface area contributed by atoms with Crippen molar-refractivity contribution in [1.29, 1.82) is 0 Å². The van der Waals surface area contributed by atoms with Crippen molar-refractivity contribution in [3.05, 3.63) is 47.0 Å². The smallest absolute Gasteiger partial charge is 0.326 e. The molecule has 0 saturated carbocycles. The number of ketones is 1. The third kappa shape index (κ3) is 3.45. The molecule has 1 aromatic rings. The summed E-state index contributed by atoms with van der Waals surface area (Å²) >= 11 is 0. The van der Waals surface area contributed by atoms with Crippen molar-refractivity contribution < 1.29 is 23.9 Å². The number of fused-ring (bicyclic) bond motifs is 1. The van der Waals surface area contributed by atoms with E-state index in [1.54, 1.807) is 12.1 Å². The number of esters is 1. The molecule has 1 saturated heterocycles. The highest BCUT2D eigenvalue weighted by molar-refractivity contribution is 6.07. The van der Waals surface area contributed by atoms with E-state index in [-0.39, 0.29) is 29.4 Å². The molecule has 136 valence electrons. The number of aryl methyl sites for hydroxylation is 2. The van der Waals surface area contributed by atoms with Crippen LogP contribution in [0.1, 0.15) is 34.3 Å². The first kappa shape index (κ1) is 18.0. The van der Waals surface area contributed by atoms with Crippen LogP contribution in [-0.4, -0.2) is 41.6 Å². The highest BCUT2D eigenvalue weighted by Crippen LogP contribution is 2.34. The van der Waals surface area contributed by atoms with E-state index in [4.69, 9.17) is 4.74 Å². The quantitative estimate of drug-likeness (QED) is 0.349. The highest BCUT2D eigenvalue weighted by Gasteiger charge is 2.47. The largest absolute Gasteiger partial charge is 0.456 e. The third-order valence-corrected chi connectivity index (χ3v) is 5.08. The van der Waals surface area contributed by atoms with E-state index in [0.717, 1.165) is 16.0 Å². The number of allylic oxidation sites excluding steroid dienone is 2. The van der Waals surface area contributed by atoms with Crippen LogP contribution >= 0.6 is 0 Å². The number of Topliss-reactive ketones (excluding diaryl/α,β-unsaturated/α-hetero) is 1. The summed E-state index contributed by atoms with van der Waals surface area (Å²) in [6.45, 7) is 2.99. The first-order valence-corrected chi connectivity index (χ1v) is 8.64. The summed E-state index contributed by atoms with van der Waals surface area (Å²) in [5, 5.41) is 0. The van der Waals surface area contributed by atoms with Gasteiger partial charge < -0.3 is 4.74 Å². The fourth-order valence-corrected chi connectivity index (χ4v) is 3.34. The van der Waals surface area contributed by atoms with E-state index in [1.165, 1.54) is 0 Å². The Labute approximate surface area is 151 Å². The maximum absolute atomic E-state index is 12.3. The number of hydrogen-bond donors (Lipinski definition) is 0. The summed E-state index contributed by atoms with van der Waals surface area (Å²) < 4.78 is 4.99. The zero-order valence-corrected chi connectivity index (χ0v) is 14.9. The van der Waals surface area contributed by atoms with Gasteiger partial charge in [-0.2, -0.15) is 0 Å². The predicted octanol–water partition coefficient (Wildman–Crippen LogP) is 1.98. The maximum Gasteiger partial charge on any atom is 0.326 e. The van der Waals surface area contributed by atoms with Crippen molar-refractivity contribution in [2.45, 2.75) is 26.7 Å². The van der Waals surface area contributed by atoms with Crippen LogP contribution in [0.5, 0.6) is 0 Å². The van der Waals surface area contributed by atoms with E-state index in [9.17, 15) is 19.2 Å². The lowest BCUT2D eigenvalue weighted by Crippen LogP contribution is -2.37. The van der Waals surface area contributed by atoms with Crippen LogP contribution in [0.2, 0.25) is 0 Å². The molecule has 0 N–H and O–H groups in total. The van der Waals surface area contributed by atoms with E-state index >= 15 is 0 Å². The summed E-state index contributed by atoms with van der Waals surface area (Å²) in [5.74, 6) is -2.49. The molecule has 0 spiro atoms. The van der Waals surface area contributed by atoms with Crippen LogP contribution in [0.3, 0.4) is 0 Å². The number of imide groups is 1. The lowest BCUT2D eigenvalue weighted by molar-refractivity contribution is -0.152. The predicted molar refractivity (Wildman–Crippen MR) is 93.3 cm³/mol. The number of nitrogens with zero attached hydrogens (tertiary/aromatic N) is 1. The summed E-state index contributed by atoms with van der Waals surface area (Å²) in [6.07, 6.45) is 4.81. The molecule has 26 heavy (non-hydrogen) atoms. The molecule has 1 heterocycles. The number of hydrogen-bond acceptors (Lipinski definition) is 5. The Hall–Kier alpha value is -2.76. The lowest BCUT2D eigenvalue weighted by atomic mass is 9.85. The molecular weight excluding hydrogens is 334 g/mol. The van der Waals surface area contributed by atoms with Gasteiger partial charge in [-0.15, -0.1) is 0 Å². The second-order valence-corrected chi connectivity index (χ2v) is 6.80. The minimum atomic E-state index is -0.754. The van der Waals surface area contributed by atoms with Crippen molar-refractivity contribution in [2.24, 2.45) is 11.8 Å². The zero-order chi connectivity index (χ0) is 18.8. The molecule has 2 amide bonds. The molecule has 2 aliphatic rings. The van der Waals surface area contributed by atoms with Crippen LogP contribution in [-0.2, 0) is 19.1 Å². The minimum absolute atomic E-state index is 0.321. The maximum atomic E-state index is 12.3. The summed E-state index contributed by atoms with van der Waals surface area (Å²) in [4.78, 5) is 49.8. The fourth-order valence-electron chi connectivity index (χ4n) is 3.34. The molecule has 3 rings (SSSR count). The minimum Gasteiger partial charge on any atom is -0.456 e. The van der Waals surface area contributed by atoms with Gasteiger partial charge in [-0.3, -0.25) is 24.1 Å². The topological polar surface area (TPSA) is 80.8 Å². The van der Waals surface area contributed by atoms with Crippen LogP contribution in [0.25, 0.3) is 0 Å². The van der Waals surface area contributed by atoms with Gasteiger partial charge in [-0.25, -0.2) is 0 Å². The van der Waals surface area contributed by atoms with Crippen molar-refractivity contribution in [2.75, 3.05) is 13.2 Å². The Morgan fingerprint density at radius 3 is 2.23 bits per heavy atom. The number of carbonyl (C=O) groups is 4. The molecular formula is C20H21NO5. The van der Waals surface area contributed by atoms with Crippen molar-refractivity contribution in [1.82, 2.24) is 4.90 Å². The number of ether oxygens (including phenoxy) is 1. The van der Waals surface area contributed by atoms with Crippen LogP contribution in [0.4, 0.5) is 0 Å². The number of benzene rings is 1. The molecule has 6 nitrogen and oxygen atoms in total. The van der Waals surface area contributed by atoms with Gasteiger partial charge in [-0.05, 0) is 43.9 Å². The zero-order valence-electron chi connectivity index (χ0n) is 14.9. The molecule has 0 bridgehead atoms. The Kier molecular flexibility index (Phi) is 5.02. The molecule has 0 aromatic heterocycles. The standard InChI is InChI=1S/C20H21NO5/c1-12-7-8-14(9-13(12)2)17(22)11-26-18(23)10-21-19(24)15-5-3-4-6-16(15)20(21)25/h3-4,7-9,15-16H,5-6,10-11H2,1-2H3/t15-,16-/m1/s1. The SMILES string of the molecule is Cc1ccc(C(=O)COC(=O)CN2C(=O)[C@@H]3CC=CC[C@H]3C2=O)cc1C. The molecule has 0 unspecified atom stereocenters. The van der Waals surface area contributed by atoms with Crippen molar-refractivity contribution >= 4 is 23.6 Å². The van der Waals surface area contributed by atoms with Gasteiger partial charge in [0.05, 0.1) is 11.8 Å². The fraction of sp³-hybridized carbons (Fsp3) is 0.400. The van der Waals surface area contributed by atoms with Crippen molar-refractivity contribution in [3.63, 3.8) is 0 Å². The second kappa shape index (κ2) is 7.23. The van der Waals surface area contributed by atoms with E-state index in [2.05, 4.69) is 0 Å². The highest BCUT2D eigenvalue weighted by atomic mass is 16.5. The van der Waals surface area contributed by atoms with Gasteiger partial charge in [0.25, 0.3) is 0 Å². The summed E-state index contributed by atoms with van der Waals surface area (Å²) in [7, 11) is 0. The Morgan fingerprint density at radius 1 is 1.04 bits per heavy atom. The van der Waals surface area contributed by atoms with Crippen LogP contribution in [0, 0.1) is 25.7 Å².